The Bertz CT molecular complexity index is 807. The van der Waals surface area contributed by atoms with E-state index in [0.29, 0.717) is 54.7 Å². The number of amides is 1. The lowest BCUT2D eigenvalue weighted by molar-refractivity contribution is -0.134. The second kappa shape index (κ2) is 10.8. The lowest BCUT2D eigenvalue weighted by atomic mass is 9.96. The second-order valence-corrected chi connectivity index (χ2v) is 7.65. The van der Waals surface area contributed by atoms with Crippen LogP contribution in [-0.4, -0.2) is 60.4 Å². The Morgan fingerprint density at radius 1 is 1.24 bits per heavy atom. The molecule has 0 N–H and O–H groups in total. The van der Waals surface area contributed by atoms with Crippen molar-refractivity contribution in [2.24, 2.45) is 0 Å². The van der Waals surface area contributed by atoms with Gasteiger partial charge in [0.15, 0.2) is 6.61 Å². The summed E-state index contributed by atoms with van der Waals surface area (Å²) in [5.41, 5.74) is 0. The highest BCUT2D eigenvalue weighted by atomic mass is 35.5. The van der Waals surface area contributed by atoms with Crippen molar-refractivity contribution in [3.05, 3.63) is 46.5 Å². The summed E-state index contributed by atoms with van der Waals surface area (Å²) in [5, 5.41) is 0.918. The molecular formula is C20H25Cl2N3O4. The normalized spacial score (nSPS) is 14.9. The highest BCUT2D eigenvalue weighted by Gasteiger charge is 2.26. The molecule has 0 unspecified atom stereocenters. The van der Waals surface area contributed by atoms with Crippen LogP contribution in [0.4, 0.5) is 0 Å². The Balaban J connectivity index is 1.46. The number of carbonyl (C=O) groups is 1. The predicted octanol–water partition coefficient (Wildman–Crippen LogP) is 3.60. The fourth-order valence-corrected chi connectivity index (χ4v) is 3.77. The first-order valence-electron chi connectivity index (χ1n) is 9.52. The molecule has 0 atom stereocenters. The lowest BCUT2D eigenvalue weighted by Gasteiger charge is -2.32. The zero-order valence-electron chi connectivity index (χ0n) is 16.4. The van der Waals surface area contributed by atoms with Gasteiger partial charge < -0.3 is 23.7 Å². The number of aromatic nitrogens is 2. The van der Waals surface area contributed by atoms with Crippen molar-refractivity contribution in [3.63, 3.8) is 0 Å². The molecule has 1 aromatic heterocycles. The quantitative estimate of drug-likeness (QED) is 0.556. The monoisotopic (exact) mass is 441 g/mol. The Morgan fingerprint density at radius 3 is 2.76 bits per heavy atom. The van der Waals surface area contributed by atoms with Gasteiger partial charge in [0.2, 0.25) is 0 Å². The van der Waals surface area contributed by atoms with Gasteiger partial charge >= 0.3 is 0 Å². The van der Waals surface area contributed by atoms with Gasteiger partial charge in [0.25, 0.3) is 5.91 Å². The van der Waals surface area contributed by atoms with Crippen molar-refractivity contribution in [1.29, 1.82) is 0 Å². The molecule has 7 nitrogen and oxygen atoms in total. The minimum Gasteiger partial charge on any atom is -0.482 e. The van der Waals surface area contributed by atoms with Crippen LogP contribution < -0.4 is 4.74 Å². The summed E-state index contributed by atoms with van der Waals surface area (Å²) in [6, 6.07) is 4.94. The van der Waals surface area contributed by atoms with E-state index in [0.717, 1.165) is 18.7 Å². The standard InChI is InChI=1S/C20H25Cl2N3O4/c1-27-10-11-28-14-25-9-6-23-20(25)15-4-7-24(8-5-15)19(26)13-29-18-3-2-16(21)12-17(18)22/h2-3,6,9,12,15H,4-5,7-8,10-11,13-14H2,1H3. The van der Waals surface area contributed by atoms with Crippen LogP contribution in [0.5, 0.6) is 5.75 Å². The van der Waals surface area contributed by atoms with Gasteiger partial charge in [-0.05, 0) is 31.0 Å². The number of hydrogen-bond acceptors (Lipinski definition) is 5. The molecule has 1 aliphatic rings. The number of methoxy groups -OCH3 is 1. The van der Waals surface area contributed by atoms with Gasteiger partial charge in [0.05, 0.1) is 18.2 Å². The molecule has 3 rings (SSSR count). The van der Waals surface area contributed by atoms with Crippen LogP contribution in [0.3, 0.4) is 0 Å². The Labute approximate surface area is 180 Å². The van der Waals surface area contributed by atoms with E-state index in [2.05, 4.69) is 4.98 Å². The number of halogens is 2. The zero-order valence-corrected chi connectivity index (χ0v) is 17.9. The summed E-state index contributed by atoms with van der Waals surface area (Å²) in [6.45, 7) is 2.84. The van der Waals surface area contributed by atoms with Crippen molar-refractivity contribution >= 4 is 29.1 Å². The minimum atomic E-state index is -0.0549. The third-order valence-corrected chi connectivity index (χ3v) is 5.40. The number of likely N-dealkylation sites (tertiary alicyclic amines) is 1. The molecule has 1 saturated heterocycles. The van der Waals surface area contributed by atoms with E-state index in [9.17, 15) is 4.79 Å². The maximum absolute atomic E-state index is 12.5. The van der Waals surface area contributed by atoms with Crippen LogP contribution in [0.15, 0.2) is 30.6 Å². The summed E-state index contributed by atoms with van der Waals surface area (Å²) in [7, 11) is 1.65. The SMILES string of the molecule is COCCOCn1ccnc1C1CCN(C(=O)COc2ccc(Cl)cc2Cl)CC1. The third kappa shape index (κ3) is 6.09. The van der Waals surface area contributed by atoms with Gasteiger partial charge in [0.1, 0.15) is 18.3 Å². The first kappa shape index (κ1) is 21.9. The summed E-state index contributed by atoms with van der Waals surface area (Å²) in [4.78, 5) is 18.8. The summed E-state index contributed by atoms with van der Waals surface area (Å²) < 4.78 is 18.2. The molecular weight excluding hydrogens is 417 g/mol. The minimum absolute atomic E-state index is 0.0476. The van der Waals surface area contributed by atoms with Gasteiger partial charge in [-0.25, -0.2) is 4.98 Å². The molecule has 9 heteroatoms. The van der Waals surface area contributed by atoms with E-state index < -0.39 is 0 Å². The molecule has 0 bridgehead atoms. The molecule has 2 aromatic rings. The van der Waals surface area contributed by atoms with Crippen LogP contribution in [0.2, 0.25) is 10.0 Å². The van der Waals surface area contributed by atoms with E-state index in [-0.39, 0.29) is 12.5 Å². The number of ether oxygens (including phenoxy) is 3. The smallest absolute Gasteiger partial charge is 0.260 e. The molecule has 1 amide bonds. The fraction of sp³-hybridized carbons (Fsp3) is 0.500. The number of imidazole rings is 1. The first-order valence-corrected chi connectivity index (χ1v) is 10.3. The van der Waals surface area contributed by atoms with Gasteiger partial charge in [-0.3, -0.25) is 4.79 Å². The van der Waals surface area contributed by atoms with Gasteiger partial charge in [-0.1, -0.05) is 23.2 Å². The Kier molecular flexibility index (Phi) is 8.18. The zero-order chi connectivity index (χ0) is 20.6. The summed E-state index contributed by atoms with van der Waals surface area (Å²) in [6.07, 6.45) is 5.41. The number of piperidine rings is 1. The molecule has 0 aliphatic carbocycles. The van der Waals surface area contributed by atoms with E-state index in [1.807, 2.05) is 15.7 Å². The maximum atomic E-state index is 12.5. The van der Waals surface area contributed by atoms with Crippen molar-refractivity contribution in [1.82, 2.24) is 14.5 Å². The van der Waals surface area contributed by atoms with Crippen LogP contribution in [-0.2, 0) is 21.0 Å². The largest absolute Gasteiger partial charge is 0.482 e. The van der Waals surface area contributed by atoms with Gasteiger partial charge in [0, 0.05) is 43.5 Å². The van der Waals surface area contributed by atoms with Gasteiger partial charge in [-0.2, -0.15) is 0 Å². The molecule has 1 aliphatic heterocycles. The van der Waals surface area contributed by atoms with Crippen LogP contribution in [0.1, 0.15) is 24.6 Å². The lowest BCUT2D eigenvalue weighted by Crippen LogP contribution is -2.40. The van der Waals surface area contributed by atoms with E-state index in [1.54, 1.807) is 31.5 Å². The number of nitrogens with zero attached hydrogens (tertiary/aromatic N) is 3. The van der Waals surface area contributed by atoms with Crippen molar-refractivity contribution < 1.29 is 19.0 Å². The maximum Gasteiger partial charge on any atom is 0.260 e. The van der Waals surface area contributed by atoms with Crippen LogP contribution in [0.25, 0.3) is 0 Å². The highest BCUT2D eigenvalue weighted by Crippen LogP contribution is 2.29. The van der Waals surface area contributed by atoms with E-state index >= 15 is 0 Å². The number of hydrogen-bond donors (Lipinski definition) is 0. The topological polar surface area (TPSA) is 65.8 Å². The number of carbonyl (C=O) groups excluding carboxylic acids is 1. The molecule has 1 fully saturated rings. The predicted molar refractivity (Wildman–Crippen MR) is 111 cm³/mol. The van der Waals surface area contributed by atoms with Crippen molar-refractivity contribution in [2.75, 3.05) is 40.0 Å². The average molecular weight is 442 g/mol. The summed E-state index contributed by atoms with van der Waals surface area (Å²) >= 11 is 12.0. The van der Waals surface area contributed by atoms with Crippen molar-refractivity contribution in [2.45, 2.75) is 25.5 Å². The van der Waals surface area contributed by atoms with Gasteiger partial charge in [-0.15, -0.1) is 0 Å². The first-order chi connectivity index (χ1) is 14.1. The molecule has 1 aromatic carbocycles. The average Bonchev–Trinajstić information content (AvgIpc) is 3.19. The molecule has 158 valence electrons. The molecule has 29 heavy (non-hydrogen) atoms. The highest BCUT2D eigenvalue weighted by molar-refractivity contribution is 6.35. The summed E-state index contributed by atoms with van der Waals surface area (Å²) in [5.74, 6) is 1.70. The Hall–Kier alpha value is -1.80. The number of rotatable bonds is 9. The second-order valence-electron chi connectivity index (χ2n) is 6.80. The van der Waals surface area contributed by atoms with Crippen molar-refractivity contribution in [3.8, 4) is 5.75 Å². The van der Waals surface area contributed by atoms with E-state index in [4.69, 9.17) is 37.4 Å². The fourth-order valence-electron chi connectivity index (χ4n) is 3.31. The molecule has 2 heterocycles. The van der Waals surface area contributed by atoms with Crippen LogP contribution in [0, 0.1) is 0 Å². The van der Waals surface area contributed by atoms with E-state index in [1.165, 1.54) is 0 Å². The molecule has 0 saturated carbocycles. The Morgan fingerprint density at radius 2 is 2.03 bits per heavy atom. The van der Waals surface area contributed by atoms with Crippen LogP contribution >= 0.6 is 23.2 Å². The molecule has 0 spiro atoms. The molecule has 0 radical (unpaired) electrons. The number of benzene rings is 1. The third-order valence-electron chi connectivity index (χ3n) is 4.87.